The van der Waals surface area contributed by atoms with Crippen molar-refractivity contribution < 1.29 is 4.74 Å². The molecule has 0 bridgehead atoms. The molecule has 0 atom stereocenters. The first-order chi connectivity index (χ1) is 13.0. The molecule has 0 amide bonds. The van der Waals surface area contributed by atoms with Crippen LogP contribution >= 0.6 is 15.9 Å². The smallest absolute Gasteiger partial charge is 0.137 e. The predicted molar refractivity (Wildman–Crippen MR) is 118 cm³/mol. The van der Waals surface area contributed by atoms with Crippen LogP contribution in [0.1, 0.15) is 57.5 Å². The molecular weight excluding hydrogens is 400 g/mol. The zero-order valence-electron chi connectivity index (χ0n) is 17.1. The Bertz CT molecular complexity index is 855. The summed E-state index contributed by atoms with van der Waals surface area (Å²) in [6.45, 7) is 8.87. The van der Waals surface area contributed by atoms with Crippen LogP contribution in [0.2, 0.25) is 0 Å². The first kappa shape index (κ1) is 21.5. The number of rotatable bonds is 6. The number of fused-ring (bicyclic) bond motifs is 1. The van der Waals surface area contributed by atoms with Crippen molar-refractivity contribution in [1.82, 2.24) is 9.38 Å². The highest BCUT2D eigenvalue weighted by molar-refractivity contribution is 9.10. The number of ether oxygens (including phenoxy) is 1. The van der Waals surface area contributed by atoms with Crippen LogP contribution in [0.15, 0.2) is 47.1 Å². The molecule has 0 aliphatic carbocycles. The van der Waals surface area contributed by atoms with Crippen molar-refractivity contribution in [2.75, 3.05) is 7.11 Å². The lowest BCUT2D eigenvalue weighted by Crippen LogP contribution is -2.00. The summed E-state index contributed by atoms with van der Waals surface area (Å²) in [5.41, 5.74) is 4.53. The van der Waals surface area contributed by atoms with Crippen LogP contribution in [-0.4, -0.2) is 16.5 Å². The van der Waals surface area contributed by atoms with Gasteiger partial charge < -0.3 is 9.14 Å². The number of methoxy groups -OCH3 is 1. The molecule has 1 aromatic carbocycles. The topological polar surface area (TPSA) is 26.5 Å². The number of hydrogen-bond donors (Lipinski definition) is 0. The van der Waals surface area contributed by atoms with E-state index in [9.17, 15) is 0 Å². The van der Waals surface area contributed by atoms with Gasteiger partial charge in [-0.25, -0.2) is 4.98 Å². The van der Waals surface area contributed by atoms with E-state index >= 15 is 0 Å². The standard InChI is InChI=1S/C17H17BrN2O.C6H14/c1-3-14-15(20-9-5-4-6-17(20)19-14)11-12-10-13(18)7-8-16(12)21-2;1-4-5-6(2)3/h4-10H,3,11H2,1-2H3;6H,4-5H2,1-3H3. The highest BCUT2D eigenvalue weighted by Gasteiger charge is 2.13. The molecule has 27 heavy (non-hydrogen) atoms. The maximum Gasteiger partial charge on any atom is 0.137 e. The Morgan fingerprint density at radius 3 is 2.52 bits per heavy atom. The minimum Gasteiger partial charge on any atom is -0.496 e. The summed E-state index contributed by atoms with van der Waals surface area (Å²) in [5.74, 6) is 1.81. The number of aryl methyl sites for hydroxylation is 1. The second-order valence-electron chi connectivity index (χ2n) is 7.10. The molecule has 0 radical (unpaired) electrons. The minimum atomic E-state index is 0.803. The molecule has 4 heteroatoms. The second-order valence-corrected chi connectivity index (χ2v) is 8.02. The molecule has 3 aromatic rings. The zero-order valence-corrected chi connectivity index (χ0v) is 18.7. The van der Waals surface area contributed by atoms with Gasteiger partial charge in [-0.05, 0) is 42.7 Å². The van der Waals surface area contributed by atoms with Crippen molar-refractivity contribution in [2.24, 2.45) is 5.92 Å². The monoisotopic (exact) mass is 430 g/mol. The Morgan fingerprint density at radius 2 is 1.93 bits per heavy atom. The van der Waals surface area contributed by atoms with Gasteiger partial charge in [0.25, 0.3) is 0 Å². The van der Waals surface area contributed by atoms with Crippen molar-refractivity contribution in [3.8, 4) is 5.75 Å². The lowest BCUT2D eigenvalue weighted by atomic mass is 10.1. The summed E-state index contributed by atoms with van der Waals surface area (Å²) in [7, 11) is 1.71. The number of pyridine rings is 1. The van der Waals surface area contributed by atoms with Crippen molar-refractivity contribution >= 4 is 21.6 Å². The van der Waals surface area contributed by atoms with Crippen molar-refractivity contribution in [3.63, 3.8) is 0 Å². The first-order valence-corrected chi connectivity index (χ1v) is 10.6. The second kappa shape index (κ2) is 10.5. The Balaban J connectivity index is 0.000000380. The molecule has 2 heterocycles. The third-order valence-corrected chi connectivity index (χ3v) is 5.01. The molecular formula is C23H31BrN2O. The van der Waals surface area contributed by atoms with E-state index in [-0.39, 0.29) is 0 Å². The quantitative estimate of drug-likeness (QED) is 0.434. The largest absolute Gasteiger partial charge is 0.496 e. The van der Waals surface area contributed by atoms with E-state index in [0.29, 0.717) is 0 Å². The van der Waals surface area contributed by atoms with Crippen LogP contribution in [0, 0.1) is 5.92 Å². The van der Waals surface area contributed by atoms with Crippen LogP contribution in [0.4, 0.5) is 0 Å². The molecule has 0 unspecified atom stereocenters. The van der Waals surface area contributed by atoms with E-state index in [2.05, 4.69) is 60.3 Å². The fourth-order valence-electron chi connectivity index (χ4n) is 3.21. The van der Waals surface area contributed by atoms with E-state index in [1.165, 1.54) is 18.5 Å². The third-order valence-electron chi connectivity index (χ3n) is 4.51. The Labute approximate surface area is 171 Å². The molecule has 0 fully saturated rings. The van der Waals surface area contributed by atoms with Gasteiger partial charge in [-0.1, -0.05) is 62.5 Å². The van der Waals surface area contributed by atoms with Gasteiger partial charge in [-0.3, -0.25) is 0 Å². The van der Waals surface area contributed by atoms with Crippen molar-refractivity contribution in [3.05, 3.63) is 64.0 Å². The van der Waals surface area contributed by atoms with Crippen LogP contribution in [-0.2, 0) is 12.8 Å². The number of imidazole rings is 1. The highest BCUT2D eigenvalue weighted by Crippen LogP contribution is 2.27. The molecule has 0 N–H and O–H groups in total. The molecule has 2 aromatic heterocycles. The van der Waals surface area contributed by atoms with Crippen LogP contribution < -0.4 is 4.74 Å². The average Bonchev–Trinajstić information content (AvgIpc) is 3.00. The predicted octanol–water partition coefficient (Wildman–Crippen LogP) is 6.70. The van der Waals surface area contributed by atoms with E-state index < -0.39 is 0 Å². The van der Waals surface area contributed by atoms with Gasteiger partial charge in [-0.2, -0.15) is 0 Å². The minimum absolute atomic E-state index is 0.803. The van der Waals surface area contributed by atoms with Crippen LogP contribution in [0.3, 0.4) is 0 Å². The summed E-state index contributed by atoms with van der Waals surface area (Å²) in [5, 5.41) is 0. The van der Waals surface area contributed by atoms with E-state index in [1.807, 2.05) is 30.3 Å². The maximum absolute atomic E-state index is 5.48. The summed E-state index contributed by atoms with van der Waals surface area (Å²) < 4.78 is 8.71. The summed E-state index contributed by atoms with van der Waals surface area (Å²) in [4.78, 5) is 4.72. The van der Waals surface area contributed by atoms with Crippen LogP contribution in [0.5, 0.6) is 5.75 Å². The first-order valence-electron chi connectivity index (χ1n) is 9.77. The maximum atomic E-state index is 5.48. The van der Waals surface area contributed by atoms with Gasteiger partial charge in [-0.15, -0.1) is 0 Å². The molecule has 3 rings (SSSR count). The normalized spacial score (nSPS) is 10.8. The Morgan fingerprint density at radius 1 is 1.15 bits per heavy atom. The van der Waals surface area contributed by atoms with Crippen molar-refractivity contribution in [2.45, 2.75) is 53.4 Å². The molecule has 0 aliphatic rings. The van der Waals surface area contributed by atoms with E-state index in [1.54, 1.807) is 7.11 Å². The van der Waals surface area contributed by atoms with Crippen molar-refractivity contribution in [1.29, 1.82) is 0 Å². The van der Waals surface area contributed by atoms with Gasteiger partial charge >= 0.3 is 0 Å². The Kier molecular flexibility index (Phi) is 8.36. The highest BCUT2D eigenvalue weighted by atomic mass is 79.9. The summed E-state index contributed by atoms with van der Waals surface area (Å²) >= 11 is 3.54. The number of halogens is 1. The number of hydrogen-bond acceptors (Lipinski definition) is 2. The SMILES string of the molecule is CCCC(C)C.CCc1nc2ccccn2c1Cc1cc(Br)ccc1OC. The Hall–Kier alpha value is -1.81. The molecule has 0 aliphatic heterocycles. The fourth-order valence-corrected chi connectivity index (χ4v) is 3.62. The van der Waals surface area contributed by atoms with E-state index in [4.69, 9.17) is 9.72 Å². The lowest BCUT2D eigenvalue weighted by Gasteiger charge is -2.10. The molecule has 146 valence electrons. The fraction of sp³-hybridized carbons (Fsp3) is 0.435. The van der Waals surface area contributed by atoms with Gasteiger partial charge in [0.1, 0.15) is 11.4 Å². The molecule has 3 nitrogen and oxygen atoms in total. The van der Waals surface area contributed by atoms with Gasteiger partial charge in [0.15, 0.2) is 0 Å². The zero-order chi connectivity index (χ0) is 19.8. The van der Waals surface area contributed by atoms with Crippen LogP contribution in [0.25, 0.3) is 5.65 Å². The van der Waals surface area contributed by atoms with Gasteiger partial charge in [0.05, 0.1) is 18.5 Å². The molecule has 0 saturated heterocycles. The number of nitrogens with zero attached hydrogens (tertiary/aromatic N) is 2. The molecule has 0 saturated carbocycles. The number of aromatic nitrogens is 2. The summed E-state index contributed by atoms with van der Waals surface area (Å²) in [6.07, 6.45) is 6.50. The molecule has 0 spiro atoms. The summed E-state index contributed by atoms with van der Waals surface area (Å²) in [6, 6.07) is 12.2. The average molecular weight is 431 g/mol. The number of benzene rings is 1. The third kappa shape index (κ3) is 5.83. The van der Waals surface area contributed by atoms with Gasteiger partial charge in [0, 0.05) is 22.7 Å². The van der Waals surface area contributed by atoms with E-state index in [0.717, 1.165) is 45.9 Å². The van der Waals surface area contributed by atoms with Gasteiger partial charge in [0.2, 0.25) is 0 Å². The lowest BCUT2D eigenvalue weighted by molar-refractivity contribution is 0.410.